The average molecular weight is 548 g/mol. The number of thiocarbonyl (C=S) groups is 1. The molecule has 2 fully saturated rings. The quantitative estimate of drug-likeness (QED) is 0.200. The number of morpholine rings is 1. The lowest BCUT2D eigenvalue weighted by molar-refractivity contribution is -0.384. The summed E-state index contributed by atoms with van der Waals surface area (Å²) in [6, 6.07) is 14.4. The van der Waals surface area contributed by atoms with Crippen molar-refractivity contribution in [3.8, 4) is 11.4 Å². The number of amides is 1. The highest BCUT2D eigenvalue weighted by molar-refractivity contribution is 7.80. The predicted molar refractivity (Wildman–Crippen MR) is 154 cm³/mol. The molecule has 11 heteroatoms. The third-order valence-electron chi connectivity index (χ3n) is 6.82. The van der Waals surface area contributed by atoms with Gasteiger partial charge in [-0.3, -0.25) is 19.8 Å². The normalized spacial score (nSPS) is 16.6. The Hall–Kier alpha value is -4.22. The number of rotatable bonds is 7. The van der Waals surface area contributed by atoms with Gasteiger partial charge in [-0.25, -0.2) is 0 Å². The Labute approximate surface area is 231 Å². The van der Waals surface area contributed by atoms with Crippen LogP contribution in [-0.2, 0) is 9.53 Å². The molecule has 2 aromatic carbocycles. The minimum absolute atomic E-state index is 0.0470. The number of carbonyl (C=O) groups excluding carboxylic acids is 1. The van der Waals surface area contributed by atoms with Gasteiger partial charge in [0.15, 0.2) is 5.11 Å². The second kappa shape index (κ2) is 10.9. The zero-order valence-corrected chi connectivity index (χ0v) is 22.8. The summed E-state index contributed by atoms with van der Waals surface area (Å²) < 4.78 is 12.8. The first-order valence-electron chi connectivity index (χ1n) is 12.7. The first-order chi connectivity index (χ1) is 18.8. The number of nitro groups is 1. The molecule has 0 atom stereocenters. The number of nitro benzene ring substituents is 1. The van der Waals surface area contributed by atoms with Crippen molar-refractivity contribution in [1.82, 2.24) is 9.88 Å². The van der Waals surface area contributed by atoms with E-state index in [1.54, 1.807) is 42.5 Å². The highest BCUT2D eigenvalue weighted by Gasteiger charge is 2.32. The van der Waals surface area contributed by atoms with Crippen LogP contribution < -0.4 is 19.9 Å². The van der Waals surface area contributed by atoms with Crippen molar-refractivity contribution >= 4 is 46.4 Å². The van der Waals surface area contributed by atoms with E-state index in [2.05, 4.69) is 5.32 Å². The van der Waals surface area contributed by atoms with Crippen molar-refractivity contribution in [2.24, 2.45) is 0 Å². The zero-order chi connectivity index (χ0) is 27.7. The minimum Gasteiger partial charge on any atom is -0.494 e. The predicted octanol–water partition coefficient (Wildman–Crippen LogP) is 4.50. The molecule has 3 heterocycles. The Morgan fingerprint density at radius 2 is 1.79 bits per heavy atom. The molecule has 0 bridgehead atoms. The lowest BCUT2D eigenvalue weighted by atomic mass is 10.2. The maximum absolute atomic E-state index is 13.3. The SMILES string of the molecule is CCOc1ccc(N2C(=O)/C(=C/c3cc(C)n(-c4ccc(N5CCOCC5)c([N+](=O)[O-])c4)c3C)NC2=S)cc1. The number of hydrogen-bond acceptors (Lipinski definition) is 7. The van der Waals surface area contributed by atoms with E-state index in [0.29, 0.717) is 66.5 Å². The van der Waals surface area contributed by atoms with E-state index in [1.807, 2.05) is 42.4 Å². The fourth-order valence-electron chi connectivity index (χ4n) is 4.98. The molecule has 0 saturated carbocycles. The number of nitrogens with zero attached hydrogens (tertiary/aromatic N) is 4. The maximum Gasteiger partial charge on any atom is 0.294 e. The van der Waals surface area contributed by atoms with Gasteiger partial charge in [0.1, 0.15) is 17.1 Å². The summed E-state index contributed by atoms with van der Waals surface area (Å²) in [6.45, 7) is 8.61. The Morgan fingerprint density at radius 3 is 2.46 bits per heavy atom. The van der Waals surface area contributed by atoms with Crippen molar-refractivity contribution in [3.63, 3.8) is 0 Å². The Kier molecular flexibility index (Phi) is 7.36. The molecule has 0 spiro atoms. The number of carbonyl (C=O) groups is 1. The van der Waals surface area contributed by atoms with Crippen molar-refractivity contribution in [2.45, 2.75) is 20.8 Å². The number of nitrogens with one attached hydrogen (secondary N) is 1. The number of ether oxygens (including phenoxy) is 2. The number of hydrogen-bond donors (Lipinski definition) is 1. The van der Waals surface area contributed by atoms with Gasteiger partial charge in [0, 0.05) is 30.5 Å². The molecule has 1 N–H and O–H groups in total. The number of anilines is 2. The number of aryl methyl sites for hydroxylation is 1. The van der Waals surface area contributed by atoms with Crippen LogP contribution in [0.1, 0.15) is 23.9 Å². The Bertz CT molecular complexity index is 1470. The Balaban J connectivity index is 1.45. The van der Waals surface area contributed by atoms with E-state index >= 15 is 0 Å². The highest BCUT2D eigenvalue weighted by atomic mass is 32.1. The van der Waals surface area contributed by atoms with Gasteiger partial charge in [-0.15, -0.1) is 0 Å². The van der Waals surface area contributed by atoms with Crippen LogP contribution in [0.5, 0.6) is 5.75 Å². The minimum atomic E-state index is -0.344. The van der Waals surface area contributed by atoms with Gasteiger partial charge in [0.2, 0.25) is 0 Å². The van der Waals surface area contributed by atoms with Gasteiger partial charge >= 0.3 is 0 Å². The molecule has 0 unspecified atom stereocenters. The topological polar surface area (TPSA) is 102 Å². The van der Waals surface area contributed by atoms with E-state index in [-0.39, 0.29) is 16.5 Å². The van der Waals surface area contributed by atoms with Gasteiger partial charge in [0.25, 0.3) is 11.6 Å². The fraction of sp³-hybridized carbons (Fsp3) is 0.286. The lowest BCUT2D eigenvalue weighted by Crippen LogP contribution is -2.36. The van der Waals surface area contributed by atoms with Crippen LogP contribution in [0.2, 0.25) is 0 Å². The lowest BCUT2D eigenvalue weighted by Gasteiger charge is -2.28. The first kappa shape index (κ1) is 26.4. The summed E-state index contributed by atoms with van der Waals surface area (Å²) >= 11 is 5.46. The molecule has 2 aliphatic heterocycles. The van der Waals surface area contributed by atoms with Crippen LogP contribution in [0.3, 0.4) is 0 Å². The van der Waals surface area contributed by atoms with Crippen molar-refractivity contribution in [2.75, 3.05) is 42.7 Å². The van der Waals surface area contributed by atoms with Gasteiger partial charge < -0.3 is 24.3 Å². The van der Waals surface area contributed by atoms with Crippen LogP contribution in [0.15, 0.2) is 54.2 Å². The standard InChI is InChI=1S/C28H29N5O5S/c1-4-38-23-8-5-21(6-9-23)32-27(34)24(29-28(32)39)16-20-15-18(2)31(19(20)3)22-7-10-25(26(17-22)33(35)36)30-11-13-37-14-12-30/h5-10,15-17H,4,11-14H2,1-3H3,(H,29,39)/b24-16-. The van der Waals surface area contributed by atoms with Gasteiger partial charge in [-0.2, -0.15) is 0 Å². The van der Waals surface area contributed by atoms with Crippen LogP contribution in [0.25, 0.3) is 11.8 Å². The molecule has 3 aromatic rings. The van der Waals surface area contributed by atoms with E-state index < -0.39 is 0 Å². The molecular weight excluding hydrogens is 518 g/mol. The fourth-order valence-corrected chi connectivity index (χ4v) is 5.28. The van der Waals surface area contributed by atoms with Gasteiger partial charge in [-0.1, -0.05) is 0 Å². The van der Waals surface area contributed by atoms with Crippen LogP contribution in [-0.4, -0.2) is 53.4 Å². The molecule has 202 valence electrons. The van der Waals surface area contributed by atoms with Gasteiger partial charge in [0.05, 0.1) is 36.1 Å². The monoisotopic (exact) mass is 547 g/mol. The average Bonchev–Trinajstić information content (AvgIpc) is 3.37. The molecule has 5 rings (SSSR count). The van der Waals surface area contributed by atoms with E-state index in [0.717, 1.165) is 17.0 Å². The van der Waals surface area contributed by atoms with Crippen LogP contribution in [0.4, 0.5) is 17.1 Å². The third kappa shape index (κ3) is 5.10. The molecule has 0 aliphatic carbocycles. The van der Waals surface area contributed by atoms with E-state index in [1.165, 1.54) is 4.90 Å². The van der Waals surface area contributed by atoms with E-state index in [4.69, 9.17) is 21.7 Å². The molecule has 2 aliphatic rings. The van der Waals surface area contributed by atoms with Crippen molar-refractivity contribution in [1.29, 1.82) is 0 Å². The molecule has 0 radical (unpaired) electrons. The largest absolute Gasteiger partial charge is 0.494 e. The second-order valence-corrected chi connectivity index (χ2v) is 9.63. The molecular formula is C28H29N5O5S. The zero-order valence-electron chi connectivity index (χ0n) is 22.0. The summed E-state index contributed by atoms with van der Waals surface area (Å²) in [4.78, 5) is 28.4. The smallest absolute Gasteiger partial charge is 0.294 e. The molecule has 1 aromatic heterocycles. The summed E-state index contributed by atoms with van der Waals surface area (Å²) in [5.74, 6) is 0.452. The second-order valence-electron chi connectivity index (χ2n) is 9.25. The van der Waals surface area contributed by atoms with Crippen LogP contribution >= 0.6 is 12.2 Å². The summed E-state index contributed by atoms with van der Waals surface area (Å²) in [5, 5.41) is 15.3. The van der Waals surface area contributed by atoms with Crippen molar-refractivity contribution < 1.29 is 19.2 Å². The summed E-state index contributed by atoms with van der Waals surface area (Å²) in [7, 11) is 0. The summed E-state index contributed by atoms with van der Waals surface area (Å²) in [5.41, 5.74) is 4.82. The molecule has 1 amide bonds. The molecule has 10 nitrogen and oxygen atoms in total. The third-order valence-corrected chi connectivity index (χ3v) is 7.10. The summed E-state index contributed by atoms with van der Waals surface area (Å²) in [6.07, 6.45) is 1.76. The first-order valence-corrected chi connectivity index (χ1v) is 13.1. The molecule has 2 saturated heterocycles. The van der Waals surface area contributed by atoms with Crippen molar-refractivity contribution in [3.05, 3.63) is 81.3 Å². The Morgan fingerprint density at radius 1 is 1.10 bits per heavy atom. The number of aromatic nitrogens is 1. The number of benzene rings is 2. The molecule has 39 heavy (non-hydrogen) atoms. The maximum atomic E-state index is 13.3. The highest BCUT2D eigenvalue weighted by Crippen LogP contribution is 2.33. The van der Waals surface area contributed by atoms with Gasteiger partial charge in [-0.05, 0) is 87.1 Å². The van der Waals surface area contributed by atoms with Crippen LogP contribution in [0, 0.1) is 24.0 Å². The van der Waals surface area contributed by atoms with E-state index in [9.17, 15) is 14.9 Å².